The zero-order valence-corrected chi connectivity index (χ0v) is 10.9. The van der Waals surface area contributed by atoms with E-state index < -0.39 is 5.54 Å². The summed E-state index contributed by atoms with van der Waals surface area (Å²) in [4.78, 5) is 12.1. The van der Waals surface area contributed by atoms with Gasteiger partial charge in [0.05, 0.1) is 5.54 Å². The highest BCUT2D eigenvalue weighted by Gasteiger charge is 2.36. The van der Waals surface area contributed by atoms with Gasteiger partial charge in [-0.25, -0.2) is 0 Å². The van der Waals surface area contributed by atoms with Gasteiger partial charge in [-0.05, 0) is 25.7 Å². The van der Waals surface area contributed by atoms with Crippen LogP contribution in [-0.4, -0.2) is 36.7 Å². The van der Waals surface area contributed by atoms with Crippen LogP contribution in [0.5, 0.6) is 0 Å². The molecule has 5 heteroatoms. The van der Waals surface area contributed by atoms with Crippen molar-refractivity contribution in [2.45, 2.75) is 50.6 Å². The molecule has 0 saturated carbocycles. The van der Waals surface area contributed by atoms with E-state index in [0.29, 0.717) is 32.6 Å². The van der Waals surface area contributed by atoms with Gasteiger partial charge in [-0.1, -0.05) is 13.8 Å². The lowest BCUT2D eigenvalue weighted by atomic mass is 9.89. The van der Waals surface area contributed by atoms with Gasteiger partial charge in [0.1, 0.15) is 0 Å². The molecule has 0 atom stereocenters. The van der Waals surface area contributed by atoms with E-state index in [2.05, 4.69) is 5.32 Å². The van der Waals surface area contributed by atoms with Gasteiger partial charge in [0, 0.05) is 25.3 Å². The first-order valence-corrected chi connectivity index (χ1v) is 6.39. The number of carbonyl (C=O) groups is 1. The largest absolute Gasteiger partial charge is 0.381 e. The second-order valence-electron chi connectivity index (χ2n) is 5.02. The van der Waals surface area contributed by atoms with E-state index in [9.17, 15) is 4.79 Å². The molecule has 0 unspecified atom stereocenters. The van der Waals surface area contributed by atoms with Crippen molar-refractivity contribution in [2.24, 2.45) is 11.5 Å². The Bertz CT molecular complexity index is 258. The van der Waals surface area contributed by atoms with Crippen molar-refractivity contribution >= 4 is 5.91 Å². The summed E-state index contributed by atoms with van der Waals surface area (Å²) in [7, 11) is 0. The van der Waals surface area contributed by atoms with E-state index in [0.717, 1.165) is 12.8 Å². The molecule has 0 aromatic carbocycles. The normalized spacial score (nSPS) is 20.0. The van der Waals surface area contributed by atoms with Crippen molar-refractivity contribution in [2.75, 3.05) is 19.8 Å². The molecule has 0 bridgehead atoms. The van der Waals surface area contributed by atoms with Gasteiger partial charge in [-0.15, -0.1) is 0 Å². The average Bonchev–Trinajstić information content (AvgIpc) is 2.36. The predicted molar refractivity (Wildman–Crippen MR) is 67.5 cm³/mol. The predicted octanol–water partition coefficient (Wildman–Crippen LogP) is 0.128. The number of ether oxygens (including phenoxy) is 1. The van der Waals surface area contributed by atoms with E-state index in [1.807, 2.05) is 13.8 Å². The van der Waals surface area contributed by atoms with Crippen LogP contribution in [0.3, 0.4) is 0 Å². The molecule has 5 N–H and O–H groups in total. The molecular weight excluding hydrogens is 218 g/mol. The summed E-state index contributed by atoms with van der Waals surface area (Å²) in [6.45, 7) is 5.65. The third kappa shape index (κ3) is 3.66. The summed E-state index contributed by atoms with van der Waals surface area (Å²) in [5, 5.41) is 2.89. The molecule has 1 rings (SSSR count). The first-order chi connectivity index (χ1) is 7.96. The lowest BCUT2D eigenvalue weighted by Gasteiger charge is -2.34. The third-order valence-electron chi connectivity index (χ3n) is 3.85. The van der Waals surface area contributed by atoms with E-state index in [4.69, 9.17) is 16.2 Å². The molecule has 1 amide bonds. The van der Waals surface area contributed by atoms with Crippen LogP contribution in [0.4, 0.5) is 0 Å². The second kappa shape index (κ2) is 5.80. The van der Waals surface area contributed by atoms with E-state index >= 15 is 0 Å². The van der Waals surface area contributed by atoms with Crippen molar-refractivity contribution in [3.8, 4) is 0 Å². The van der Waals surface area contributed by atoms with Crippen LogP contribution in [0.2, 0.25) is 0 Å². The summed E-state index contributed by atoms with van der Waals surface area (Å²) in [5.41, 5.74) is 11.1. The van der Waals surface area contributed by atoms with Crippen LogP contribution in [0.25, 0.3) is 0 Å². The van der Waals surface area contributed by atoms with Crippen molar-refractivity contribution in [1.29, 1.82) is 0 Å². The standard InChI is InChI=1S/C12H25N3O2/c1-3-11(13,4-2)9-15-10(16)12(14)5-7-17-8-6-12/h3-9,13-14H2,1-2H3,(H,15,16). The Kier molecular flexibility index (Phi) is 4.91. The molecule has 1 fully saturated rings. The van der Waals surface area contributed by atoms with Crippen LogP contribution in [0.15, 0.2) is 0 Å². The summed E-state index contributed by atoms with van der Waals surface area (Å²) in [6.07, 6.45) is 2.83. The van der Waals surface area contributed by atoms with Gasteiger partial charge in [-0.2, -0.15) is 0 Å². The van der Waals surface area contributed by atoms with Crippen molar-refractivity contribution in [3.05, 3.63) is 0 Å². The van der Waals surface area contributed by atoms with Crippen molar-refractivity contribution in [3.63, 3.8) is 0 Å². The Morgan fingerprint density at radius 3 is 2.35 bits per heavy atom. The molecule has 0 aliphatic carbocycles. The SMILES string of the molecule is CCC(N)(CC)CNC(=O)C1(N)CCOCC1. The molecule has 100 valence electrons. The summed E-state index contributed by atoms with van der Waals surface area (Å²) >= 11 is 0. The van der Waals surface area contributed by atoms with Crippen LogP contribution in [0, 0.1) is 0 Å². The molecule has 0 radical (unpaired) electrons. The lowest BCUT2D eigenvalue weighted by Crippen LogP contribution is -2.60. The minimum absolute atomic E-state index is 0.0995. The van der Waals surface area contributed by atoms with Gasteiger partial charge in [0.2, 0.25) is 5.91 Å². The summed E-state index contributed by atoms with van der Waals surface area (Å²) in [6, 6.07) is 0. The molecular formula is C12H25N3O2. The van der Waals surface area contributed by atoms with Gasteiger partial charge >= 0.3 is 0 Å². The zero-order chi connectivity index (χ0) is 12.9. The van der Waals surface area contributed by atoms with Gasteiger partial charge in [0.25, 0.3) is 0 Å². The third-order valence-corrected chi connectivity index (χ3v) is 3.85. The Balaban J connectivity index is 2.48. The molecule has 0 aromatic rings. The van der Waals surface area contributed by atoms with E-state index in [1.54, 1.807) is 0 Å². The summed E-state index contributed by atoms with van der Waals surface area (Å²) in [5.74, 6) is -0.0995. The number of nitrogens with one attached hydrogen (secondary N) is 1. The van der Waals surface area contributed by atoms with E-state index in [-0.39, 0.29) is 11.4 Å². The first kappa shape index (κ1) is 14.4. The first-order valence-electron chi connectivity index (χ1n) is 6.39. The Morgan fingerprint density at radius 1 is 1.35 bits per heavy atom. The minimum atomic E-state index is -0.777. The van der Waals surface area contributed by atoms with E-state index in [1.165, 1.54) is 0 Å². The van der Waals surface area contributed by atoms with Gasteiger partial charge in [-0.3, -0.25) is 4.79 Å². The zero-order valence-electron chi connectivity index (χ0n) is 10.9. The van der Waals surface area contributed by atoms with Gasteiger partial charge in [0.15, 0.2) is 0 Å². The fraction of sp³-hybridized carbons (Fsp3) is 0.917. The monoisotopic (exact) mass is 243 g/mol. The highest BCUT2D eigenvalue weighted by molar-refractivity contribution is 5.86. The molecule has 0 aromatic heterocycles. The highest BCUT2D eigenvalue weighted by atomic mass is 16.5. The molecule has 0 spiro atoms. The molecule has 1 heterocycles. The Labute approximate surface area is 103 Å². The Morgan fingerprint density at radius 2 is 1.88 bits per heavy atom. The molecule has 1 saturated heterocycles. The van der Waals surface area contributed by atoms with Crippen LogP contribution >= 0.6 is 0 Å². The Hall–Kier alpha value is -0.650. The minimum Gasteiger partial charge on any atom is -0.381 e. The fourth-order valence-corrected chi connectivity index (χ4v) is 1.90. The maximum absolute atomic E-state index is 12.1. The number of amides is 1. The quantitative estimate of drug-likeness (QED) is 0.640. The van der Waals surface area contributed by atoms with Crippen molar-refractivity contribution in [1.82, 2.24) is 5.32 Å². The highest BCUT2D eigenvalue weighted by Crippen LogP contribution is 2.18. The van der Waals surface area contributed by atoms with Crippen LogP contribution in [-0.2, 0) is 9.53 Å². The number of nitrogens with two attached hydrogens (primary N) is 2. The summed E-state index contributed by atoms with van der Waals surface area (Å²) < 4.78 is 5.22. The smallest absolute Gasteiger partial charge is 0.240 e. The lowest BCUT2D eigenvalue weighted by molar-refractivity contribution is -0.130. The van der Waals surface area contributed by atoms with Crippen LogP contribution in [0.1, 0.15) is 39.5 Å². The van der Waals surface area contributed by atoms with Crippen LogP contribution < -0.4 is 16.8 Å². The molecule has 1 aliphatic heterocycles. The van der Waals surface area contributed by atoms with Gasteiger partial charge < -0.3 is 21.5 Å². The number of hydrogen-bond donors (Lipinski definition) is 3. The second-order valence-corrected chi connectivity index (χ2v) is 5.02. The molecule has 5 nitrogen and oxygen atoms in total. The molecule has 1 aliphatic rings. The topological polar surface area (TPSA) is 90.4 Å². The number of carbonyl (C=O) groups excluding carboxylic acids is 1. The average molecular weight is 243 g/mol. The maximum Gasteiger partial charge on any atom is 0.240 e. The fourth-order valence-electron chi connectivity index (χ4n) is 1.90. The number of rotatable bonds is 5. The molecule has 17 heavy (non-hydrogen) atoms. The maximum atomic E-state index is 12.1. The number of hydrogen-bond acceptors (Lipinski definition) is 4. The van der Waals surface area contributed by atoms with Crippen molar-refractivity contribution < 1.29 is 9.53 Å².